The van der Waals surface area contributed by atoms with Crippen LogP contribution < -0.4 is 10.2 Å². The maximum Gasteiger partial charge on any atom is 0.142 e. The number of rotatable bonds is 2. The number of nitrogens with zero attached hydrogens (tertiary/aromatic N) is 1. The lowest BCUT2D eigenvalue weighted by Crippen LogP contribution is -2.23. The van der Waals surface area contributed by atoms with E-state index >= 15 is 0 Å². The molecule has 0 radical (unpaired) electrons. The van der Waals surface area contributed by atoms with Gasteiger partial charge in [-0.25, -0.2) is 4.39 Å². The summed E-state index contributed by atoms with van der Waals surface area (Å²) in [5.74, 6) is -0.356. The van der Waals surface area contributed by atoms with Crippen molar-refractivity contribution in [2.75, 3.05) is 23.3 Å². The van der Waals surface area contributed by atoms with E-state index in [9.17, 15) is 4.39 Å². The minimum atomic E-state index is -0.356. The number of para-hydroxylation sites is 2. The molecule has 0 saturated heterocycles. The second-order valence-corrected chi connectivity index (χ2v) is 5.37. The largest absolute Gasteiger partial charge is 0.383 e. The summed E-state index contributed by atoms with van der Waals surface area (Å²) in [6, 6.07) is 13.2. The Morgan fingerprint density at radius 1 is 1.20 bits per heavy atom. The highest BCUT2D eigenvalue weighted by Gasteiger charge is 2.15. The molecule has 1 aliphatic heterocycles. The highest BCUT2D eigenvalue weighted by molar-refractivity contribution is 6.30. The summed E-state index contributed by atoms with van der Waals surface area (Å²) in [6.07, 6.45) is 1.06. The van der Waals surface area contributed by atoms with Crippen molar-refractivity contribution >= 4 is 23.0 Å². The lowest BCUT2D eigenvalue weighted by atomic mass is 10.1. The SMILES string of the molecule is Fc1cc(CN2CCCNc3ccccc32)ccc1Cl. The predicted octanol–water partition coefficient (Wildman–Crippen LogP) is 4.30. The summed E-state index contributed by atoms with van der Waals surface area (Å²) in [7, 11) is 0. The highest BCUT2D eigenvalue weighted by atomic mass is 35.5. The van der Waals surface area contributed by atoms with Gasteiger partial charge in [0.15, 0.2) is 0 Å². The van der Waals surface area contributed by atoms with E-state index in [4.69, 9.17) is 11.6 Å². The molecule has 20 heavy (non-hydrogen) atoms. The van der Waals surface area contributed by atoms with Gasteiger partial charge in [-0.1, -0.05) is 29.8 Å². The molecule has 0 unspecified atom stereocenters. The maximum absolute atomic E-state index is 13.5. The molecule has 3 rings (SSSR count). The number of benzene rings is 2. The second-order valence-electron chi connectivity index (χ2n) is 4.97. The van der Waals surface area contributed by atoms with Crippen LogP contribution in [0.3, 0.4) is 0 Å². The van der Waals surface area contributed by atoms with Crippen molar-refractivity contribution in [1.29, 1.82) is 0 Å². The average molecular weight is 291 g/mol. The smallest absolute Gasteiger partial charge is 0.142 e. The van der Waals surface area contributed by atoms with Gasteiger partial charge in [-0.15, -0.1) is 0 Å². The number of halogens is 2. The molecule has 0 aliphatic carbocycles. The van der Waals surface area contributed by atoms with Crippen molar-refractivity contribution in [3.63, 3.8) is 0 Å². The van der Waals surface area contributed by atoms with Gasteiger partial charge in [-0.05, 0) is 36.2 Å². The summed E-state index contributed by atoms with van der Waals surface area (Å²) < 4.78 is 13.5. The molecule has 0 atom stereocenters. The lowest BCUT2D eigenvalue weighted by molar-refractivity contribution is 0.624. The fraction of sp³-hybridized carbons (Fsp3) is 0.250. The fourth-order valence-corrected chi connectivity index (χ4v) is 2.65. The van der Waals surface area contributed by atoms with E-state index in [1.54, 1.807) is 6.07 Å². The standard InChI is InChI=1S/C16H16ClFN2/c17-13-7-6-12(10-14(13)18)11-20-9-3-8-19-15-4-1-2-5-16(15)20/h1-2,4-7,10,19H,3,8-9,11H2. The zero-order valence-corrected chi connectivity index (χ0v) is 11.8. The number of hydrogen-bond acceptors (Lipinski definition) is 2. The zero-order chi connectivity index (χ0) is 13.9. The van der Waals surface area contributed by atoms with Crippen LogP contribution in [0, 0.1) is 5.82 Å². The Labute approximate surface area is 123 Å². The number of anilines is 2. The normalized spacial score (nSPS) is 14.4. The van der Waals surface area contributed by atoms with Gasteiger partial charge in [0.05, 0.1) is 16.4 Å². The van der Waals surface area contributed by atoms with E-state index in [2.05, 4.69) is 22.3 Å². The third-order valence-corrected chi connectivity index (χ3v) is 3.83. The topological polar surface area (TPSA) is 15.3 Å². The summed E-state index contributed by atoms with van der Waals surface area (Å²) in [4.78, 5) is 2.28. The molecule has 0 saturated carbocycles. The third kappa shape index (κ3) is 2.73. The molecule has 2 nitrogen and oxygen atoms in total. The average Bonchev–Trinajstić information content (AvgIpc) is 2.66. The molecule has 0 aromatic heterocycles. The molecular weight excluding hydrogens is 275 g/mol. The summed E-state index contributed by atoms with van der Waals surface area (Å²) in [5, 5.41) is 3.60. The van der Waals surface area contributed by atoms with Crippen LogP contribution in [-0.2, 0) is 6.54 Å². The Kier molecular flexibility index (Phi) is 3.79. The first-order valence-corrected chi connectivity index (χ1v) is 7.13. The summed E-state index contributed by atoms with van der Waals surface area (Å²) >= 11 is 5.73. The third-order valence-electron chi connectivity index (χ3n) is 3.52. The molecule has 2 aromatic carbocycles. The van der Waals surface area contributed by atoms with Gasteiger partial charge in [-0.2, -0.15) is 0 Å². The first kappa shape index (κ1) is 13.3. The van der Waals surface area contributed by atoms with Gasteiger partial charge in [0, 0.05) is 19.6 Å². The van der Waals surface area contributed by atoms with Crippen LogP contribution in [0.5, 0.6) is 0 Å². The molecule has 1 heterocycles. The monoisotopic (exact) mass is 290 g/mol. The molecule has 4 heteroatoms. The molecule has 2 aromatic rings. The van der Waals surface area contributed by atoms with E-state index in [-0.39, 0.29) is 10.8 Å². The Hall–Kier alpha value is -1.74. The Morgan fingerprint density at radius 3 is 2.90 bits per heavy atom. The van der Waals surface area contributed by atoms with Crippen LogP contribution in [0.25, 0.3) is 0 Å². The molecule has 1 aliphatic rings. The zero-order valence-electron chi connectivity index (χ0n) is 11.1. The quantitative estimate of drug-likeness (QED) is 0.887. The minimum Gasteiger partial charge on any atom is -0.383 e. The van der Waals surface area contributed by atoms with Crippen molar-refractivity contribution in [3.05, 3.63) is 58.9 Å². The molecule has 1 N–H and O–H groups in total. The second kappa shape index (κ2) is 5.71. The predicted molar refractivity (Wildman–Crippen MR) is 82.0 cm³/mol. The van der Waals surface area contributed by atoms with E-state index < -0.39 is 0 Å². The van der Waals surface area contributed by atoms with Gasteiger partial charge in [0.2, 0.25) is 0 Å². The van der Waals surface area contributed by atoms with E-state index in [1.807, 2.05) is 18.2 Å². The number of fused-ring (bicyclic) bond motifs is 1. The Bertz CT molecular complexity index is 615. The van der Waals surface area contributed by atoms with Gasteiger partial charge in [-0.3, -0.25) is 0 Å². The molecular formula is C16H16ClFN2. The summed E-state index contributed by atoms with van der Waals surface area (Å²) in [5.41, 5.74) is 3.24. The Morgan fingerprint density at radius 2 is 2.05 bits per heavy atom. The number of hydrogen-bond donors (Lipinski definition) is 1. The van der Waals surface area contributed by atoms with Crippen molar-refractivity contribution in [1.82, 2.24) is 0 Å². The van der Waals surface area contributed by atoms with Crippen LogP contribution in [0.15, 0.2) is 42.5 Å². The molecule has 0 spiro atoms. The first-order chi connectivity index (χ1) is 9.74. The van der Waals surface area contributed by atoms with Gasteiger partial charge in [0.1, 0.15) is 5.82 Å². The van der Waals surface area contributed by atoms with Crippen LogP contribution in [0.1, 0.15) is 12.0 Å². The molecule has 0 fully saturated rings. The highest BCUT2D eigenvalue weighted by Crippen LogP contribution is 2.29. The minimum absolute atomic E-state index is 0.173. The summed E-state index contributed by atoms with van der Waals surface area (Å²) in [6.45, 7) is 2.60. The maximum atomic E-state index is 13.5. The van der Waals surface area contributed by atoms with Crippen molar-refractivity contribution in [2.24, 2.45) is 0 Å². The van der Waals surface area contributed by atoms with Crippen molar-refractivity contribution in [3.8, 4) is 0 Å². The van der Waals surface area contributed by atoms with Gasteiger partial charge < -0.3 is 10.2 Å². The van der Waals surface area contributed by atoms with Crippen LogP contribution >= 0.6 is 11.6 Å². The van der Waals surface area contributed by atoms with Crippen molar-refractivity contribution in [2.45, 2.75) is 13.0 Å². The van der Waals surface area contributed by atoms with Gasteiger partial charge in [0.25, 0.3) is 0 Å². The van der Waals surface area contributed by atoms with E-state index in [0.29, 0.717) is 6.54 Å². The van der Waals surface area contributed by atoms with Crippen LogP contribution in [0.2, 0.25) is 5.02 Å². The van der Waals surface area contributed by atoms with E-state index in [1.165, 1.54) is 11.8 Å². The van der Waals surface area contributed by atoms with Crippen LogP contribution in [0.4, 0.5) is 15.8 Å². The fourth-order valence-electron chi connectivity index (χ4n) is 2.53. The van der Waals surface area contributed by atoms with Gasteiger partial charge >= 0.3 is 0 Å². The number of nitrogens with one attached hydrogen (secondary N) is 1. The molecule has 0 amide bonds. The molecule has 0 bridgehead atoms. The van der Waals surface area contributed by atoms with Crippen LogP contribution in [-0.4, -0.2) is 13.1 Å². The van der Waals surface area contributed by atoms with Crippen molar-refractivity contribution < 1.29 is 4.39 Å². The lowest BCUT2D eigenvalue weighted by Gasteiger charge is -2.24. The van der Waals surface area contributed by atoms with E-state index in [0.717, 1.165) is 30.8 Å². The Balaban J connectivity index is 1.88. The molecule has 104 valence electrons. The first-order valence-electron chi connectivity index (χ1n) is 6.76.